The van der Waals surface area contributed by atoms with Crippen LogP contribution in [-0.2, 0) is 4.79 Å². The van der Waals surface area contributed by atoms with Gasteiger partial charge in [0.05, 0.1) is 19.1 Å². The van der Waals surface area contributed by atoms with Gasteiger partial charge < -0.3 is 14.7 Å². The Kier molecular flexibility index (Phi) is 5.23. The van der Waals surface area contributed by atoms with Gasteiger partial charge in [-0.25, -0.2) is 0 Å². The molecule has 0 aromatic heterocycles. The minimum Gasteiger partial charge on any atom is -0.493 e. The number of piperidine rings is 1. The quantitative estimate of drug-likeness (QED) is 0.926. The van der Waals surface area contributed by atoms with E-state index in [0.29, 0.717) is 19.6 Å². The van der Waals surface area contributed by atoms with Gasteiger partial charge in [0.25, 0.3) is 0 Å². The van der Waals surface area contributed by atoms with Crippen molar-refractivity contribution in [3.8, 4) is 5.75 Å². The van der Waals surface area contributed by atoms with E-state index in [4.69, 9.17) is 4.74 Å². The van der Waals surface area contributed by atoms with E-state index in [9.17, 15) is 9.90 Å². The molecule has 0 aliphatic carbocycles. The normalized spacial score (nSPS) is 22.2. The molecule has 0 spiro atoms. The van der Waals surface area contributed by atoms with Crippen molar-refractivity contribution in [3.05, 3.63) is 29.3 Å². The van der Waals surface area contributed by atoms with Crippen LogP contribution in [0.25, 0.3) is 0 Å². The Morgan fingerprint density at radius 3 is 2.90 bits per heavy atom. The molecule has 1 N–H and O–H groups in total. The number of benzene rings is 1. The summed E-state index contributed by atoms with van der Waals surface area (Å²) in [6, 6.07) is 6.06. The summed E-state index contributed by atoms with van der Waals surface area (Å²) in [7, 11) is 0. The van der Waals surface area contributed by atoms with Crippen LogP contribution < -0.4 is 4.74 Å². The molecule has 1 saturated heterocycles. The fourth-order valence-electron chi connectivity index (χ4n) is 2.54. The molecule has 2 atom stereocenters. The van der Waals surface area contributed by atoms with Crippen LogP contribution in [-0.4, -0.2) is 41.7 Å². The van der Waals surface area contributed by atoms with E-state index in [1.54, 1.807) is 4.90 Å². The van der Waals surface area contributed by atoms with Crippen LogP contribution in [0.1, 0.15) is 30.9 Å². The number of carbonyl (C=O) groups excluding carboxylic acids is 1. The van der Waals surface area contributed by atoms with Crippen LogP contribution in [0.15, 0.2) is 18.2 Å². The number of likely N-dealkylation sites (tertiary alicyclic amines) is 1. The third-order valence-electron chi connectivity index (χ3n) is 4.19. The molecule has 1 aliphatic heterocycles. The second-order valence-electron chi connectivity index (χ2n) is 6.04. The van der Waals surface area contributed by atoms with Crippen LogP contribution in [0, 0.1) is 19.8 Å². The lowest BCUT2D eigenvalue weighted by atomic mass is 9.96. The van der Waals surface area contributed by atoms with Gasteiger partial charge in [-0.1, -0.05) is 19.1 Å². The van der Waals surface area contributed by atoms with E-state index in [0.717, 1.165) is 29.8 Å². The van der Waals surface area contributed by atoms with Crippen molar-refractivity contribution in [1.82, 2.24) is 4.90 Å². The number of hydrogen-bond acceptors (Lipinski definition) is 3. The van der Waals surface area contributed by atoms with Crippen molar-refractivity contribution in [2.24, 2.45) is 5.92 Å². The van der Waals surface area contributed by atoms with Crippen molar-refractivity contribution in [2.45, 2.75) is 39.7 Å². The third kappa shape index (κ3) is 4.21. The molecular weight excluding hydrogens is 266 g/mol. The van der Waals surface area contributed by atoms with Crippen LogP contribution in [0.4, 0.5) is 0 Å². The number of ether oxygens (including phenoxy) is 1. The Balaban J connectivity index is 1.80. The molecule has 1 aliphatic rings. The average Bonchev–Trinajstić information content (AvgIpc) is 2.45. The molecule has 2 rings (SSSR count). The molecule has 1 aromatic rings. The summed E-state index contributed by atoms with van der Waals surface area (Å²) in [6.07, 6.45) is 0.821. The van der Waals surface area contributed by atoms with Crippen LogP contribution in [0.3, 0.4) is 0 Å². The van der Waals surface area contributed by atoms with E-state index in [2.05, 4.69) is 0 Å². The summed E-state index contributed by atoms with van der Waals surface area (Å²) < 4.78 is 5.72. The SMILES string of the molecule is Cc1ccc(C)c(OCCC(=O)N2CCC(C)C(O)C2)c1. The number of hydrogen-bond donors (Lipinski definition) is 1. The van der Waals surface area contributed by atoms with Crippen molar-refractivity contribution < 1.29 is 14.6 Å². The van der Waals surface area contributed by atoms with Crippen LogP contribution in [0.5, 0.6) is 5.75 Å². The molecule has 1 heterocycles. The van der Waals surface area contributed by atoms with E-state index >= 15 is 0 Å². The van der Waals surface area contributed by atoms with Crippen LogP contribution >= 0.6 is 0 Å². The Labute approximate surface area is 126 Å². The van der Waals surface area contributed by atoms with E-state index < -0.39 is 6.10 Å². The maximum Gasteiger partial charge on any atom is 0.226 e. The number of aliphatic hydroxyl groups excluding tert-OH is 1. The second kappa shape index (κ2) is 6.94. The molecule has 0 bridgehead atoms. The van der Waals surface area contributed by atoms with E-state index in [1.807, 2.05) is 39.0 Å². The standard InChI is InChI=1S/C17H25NO3/c1-12-4-5-14(3)16(10-12)21-9-7-17(20)18-8-6-13(2)15(19)11-18/h4-5,10,13,15,19H,6-9,11H2,1-3H3. The molecule has 4 heteroatoms. The molecule has 2 unspecified atom stereocenters. The number of amides is 1. The first-order chi connectivity index (χ1) is 9.97. The number of rotatable bonds is 4. The van der Waals surface area contributed by atoms with Gasteiger partial charge >= 0.3 is 0 Å². The first-order valence-electron chi connectivity index (χ1n) is 7.63. The maximum atomic E-state index is 12.1. The Morgan fingerprint density at radius 2 is 2.19 bits per heavy atom. The van der Waals surface area contributed by atoms with Gasteiger partial charge in [0.2, 0.25) is 5.91 Å². The molecule has 1 fully saturated rings. The summed E-state index contributed by atoms with van der Waals surface area (Å²) in [6.45, 7) is 7.61. The minimum atomic E-state index is -0.400. The maximum absolute atomic E-state index is 12.1. The molecule has 116 valence electrons. The van der Waals surface area contributed by atoms with Crippen molar-refractivity contribution >= 4 is 5.91 Å². The first kappa shape index (κ1) is 15.8. The minimum absolute atomic E-state index is 0.0613. The van der Waals surface area contributed by atoms with E-state index in [-0.39, 0.29) is 11.8 Å². The molecule has 1 aromatic carbocycles. The van der Waals surface area contributed by atoms with Gasteiger partial charge in [0, 0.05) is 13.1 Å². The van der Waals surface area contributed by atoms with Crippen LogP contribution in [0.2, 0.25) is 0 Å². The first-order valence-corrected chi connectivity index (χ1v) is 7.63. The highest BCUT2D eigenvalue weighted by Crippen LogP contribution is 2.20. The lowest BCUT2D eigenvalue weighted by Crippen LogP contribution is -2.46. The highest BCUT2D eigenvalue weighted by Gasteiger charge is 2.26. The molecule has 1 amide bonds. The molecule has 21 heavy (non-hydrogen) atoms. The molecule has 4 nitrogen and oxygen atoms in total. The Hall–Kier alpha value is -1.55. The number of β-amino-alcohol motifs (C(OH)–C–C–N with tert-alkyl or cyclic N) is 1. The monoisotopic (exact) mass is 291 g/mol. The summed E-state index contributed by atoms with van der Waals surface area (Å²) in [5.41, 5.74) is 2.23. The van der Waals surface area contributed by atoms with Crippen molar-refractivity contribution in [3.63, 3.8) is 0 Å². The zero-order valence-electron chi connectivity index (χ0n) is 13.1. The zero-order chi connectivity index (χ0) is 15.4. The van der Waals surface area contributed by atoms with Gasteiger partial charge in [-0.2, -0.15) is 0 Å². The lowest BCUT2D eigenvalue weighted by molar-refractivity contribution is -0.135. The fourth-order valence-corrected chi connectivity index (χ4v) is 2.54. The van der Waals surface area contributed by atoms with Crippen molar-refractivity contribution in [2.75, 3.05) is 19.7 Å². The van der Waals surface area contributed by atoms with Gasteiger partial charge in [-0.3, -0.25) is 4.79 Å². The van der Waals surface area contributed by atoms with Crippen molar-refractivity contribution in [1.29, 1.82) is 0 Å². The lowest BCUT2D eigenvalue weighted by Gasteiger charge is -2.34. The highest BCUT2D eigenvalue weighted by atomic mass is 16.5. The summed E-state index contributed by atoms with van der Waals surface area (Å²) in [4.78, 5) is 13.9. The summed E-state index contributed by atoms with van der Waals surface area (Å²) in [5, 5.41) is 9.84. The summed E-state index contributed by atoms with van der Waals surface area (Å²) in [5.74, 6) is 1.18. The molecule has 0 radical (unpaired) electrons. The molecule has 0 saturated carbocycles. The second-order valence-corrected chi connectivity index (χ2v) is 6.04. The smallest absolute Gasteiger partial charge is 0.226 e. The van der Waals surface area contributed by atoms with Gasteiger partial charge in [0.15, 0.2) is 0 Å². The third-order valence-corrected chi connectivity index (χ3v) is 4.19. The summed E-state index contributed by atoms with van der Waals surface area (Å²) >= 11 is 0. The number of nitrogens with zero attached hydrogens (tertiary/aromatic N) is 1. The Morgan fingerprint density at radius 1 is 1.43 bits per heavy atom. The topological polar surface area (TPSA) is 49.8 Å². The van der Waals surface area contributed by atoms with Gasteiger partial charge in [-0.05, 0) is 43.4 Å². The average molecular weight is 291 g/mol. The van der Waals surface area contributed by atoms with E-state index in [1.165, 1.54) is 0 Å². The zero-order valence-corrected chi connectivity index (χ0v) is 13.1. The number of carbonyl (C=O) groups is 1. The number of aryl methyl sites for hydroxylation is 2. The van der Waals surface area contributed by atoms with Gasteiger partial charge in [-0.15, -0.1) is 0 Å². The number of aliphatic hydroxyl groups is 1. The Bertz CT molecular complexity index is 501. The fraction of sp³-hybridized carbons (Fsp3) is 0.588. The highest BCUT2D eigenvalue weighted by molar-refractivity contribution is 5.76. The van der Waals surface area contributed by atoms with Gasteiger partial charge in [0.1, 0.15) is 5.75 Å². The predicted molar refractivity (Wildman–Crippen MR) is 82.4 cm³/mol. The predicted octanol–water partition coefficient (Wildman–Crippen LogP) is 2.30. The largest absolute Gasteiger partial charge is 0.493 e. The molecular formula is C17H25NO3.